The Morgan fingerprint density at radius 1 is 1.15 bits per heavy atom. The summed E-state index contributed by atoms with van der Waals surface area (Å²) in [6.45, 7) is 0.123. The number of amides is 2. The molecule has 1 aliphatic carbocycles. The molecule has 1 saturated carbocycles. The van der Waals surface area contributed by atoms with Crippen LogP contribution in [0.4, 0.5) is 23.2 Å². The van der Waals surface area contributed by atoms with Crippen molar-refractivity contribution < 1.29 is 37.0 Å². The number of nitrogens with one attached hydrogen (secondary N) is 1. The second-order valence-corrected chi connectivity index (χ2v) is 10.6. The Hall–Kier alpha value is -3.70. The predicted molar refractivity (Wildman–Crippen MR) is 142 cm³/mol. The summed E-state index contributed by atoms with van der Waals surface area (Å²) < 4.78 is 61.1. The largest absolute Gasteiger partial charge is 0.497 e. The van der Waals surface area contributed by atoms with Crippen molar-refractivity contribution in [1.82, 2.24) is 10.3 Å². The van der Waals surface area contributed by atoms with E-state index in [-0.39, 0.29) is 51.7 Å². The quantitative estimate of drug-likeness (QED) is 0.353. The second-order valence-electron chi connectivity index (χ2n) is 10.2. The van der Waals surface area contributed by atoms with Crippen LogP contribution in [-0.4, -0.2) is 41.6 Å². The first-order valence-electron chi connectivity index (χ1n) is 13.0. The number of aromatic nitrogens is 1. The van der Waals surface area contributed by atoms with Crippen LogP contribution in [0.3, 0.4) is 0 Å². The zero-order valence-electron chi connectivity index (χ0n) is 21.8. The molecule has 1 fully saturated rings. The molecular weight excluding hydrogens is 566 g/mol. The molecule has 7 nitrogen and oxygen atoms in total. The molecule has 1 unspecified atom stereocenters. The van der Waals surface area contributed by atoms with Crippen molar-refractivity contribution in [2.24, 2.45) is 5.92 Å². The molecule has 3 aromatic rings. The summed E-state index contributed by atoms with van der Waals surface area (Å²) >= 11 is 5.86. The Morgan fingerprint density at radius 3 is 2.56 bits per heavy atom. The lowest BCUT2D eigenvalue weighted by molar-refractivity contribution is -0.132. The van der Waals surface area contributed by atoms with Crippen molar-refractivity contribution in [2.45, 2.75) is 43.8 Å². The minimum Gasteiger partial charge on any atom is -0.497 e. The third kappa shape index (κ3) is 5.36. The number of alkyl halides is 2. The molecule has 216 valence electrons. The van der Waals surface area contributed by atoms with Crippen LogP contribution in [0.5, 0.6) is 5.75 Å². The number of pyridine rings is 1. The van der Waals surface area contributed by atoms with Crippen molar-refractivity contribution in [1.29, 1.82) is 0 Å². The van der Waals surface area contributed by atoms with Crippen LogP contribution in [0.15, 0.2) is 48.7 Å². The van der Waals surface area contributed by atoms with Gasteiger partial charge in [-0.3, -0.25) is 14.6 Å². The molecule has 0 saturated heterocycles. The van der Waals surface area contributed by atoms with Crippen molar-refractivity contribution >= 4 is 29.1 Å². The molecule has 1 aromatic heterocycles. The molecule has 2 heterocycles. The molecule has 2 N–H and O–H groups in total. The van der Waals surface area contributed by atoms with Gasteiger partial charge in [0.1, 0.15) is 23.1 Å². The normalized spacial score (nSPS) is 22.1. The fourth-order valence-corrected chi connectivity index (χ4v) is 5.78. The molecule has 12 heteroatoms. The highest BCUT2D eigenvalue weighted by Gasteiger charge is 2.53. The smallest absolute Gasteiger partial charge is 0.281 e. The van der Waals surface area contributed by atoms with E-state index in [1.54, 1.807) is 0 Å². The number of rotatable bonds is 7. The summed E-state index contributed by atoms with van der Waals surface area (Å²) in [7, 11) is 1.37. The van der Waals surface area contributed by atoms with Gasteiger partial charge in [-0.15, -0.1) is 0 Å². The molecule has 41 heavy (non-hydrogen) atoms. The van der Waals surface area contributed by atoms with Gasteiger partial charge in [-0.05, 0) is 68.0 Å². The number of fused-ring (bicyclic) bond motifs is 1. The number of aliphatic hydroxyl groups is 1. The summed E-state index contributed by atoms with van der Waals surface area (Å²) in [4.78, 5) is 31.3. The zero-order valence-corrected chi connectivity index (χ0v) is 22.6. The number of ether oxygens (including phenoxy) is 1. The number of carbonyl (C=O) groups is 2. The van der Waals surface area contributed by atoms with Crippen LogP contribution in [-0.2, 0) is 10.4 Å². The highest BCUT2D eigenvalue weighted by molar-refractivity contribution is 6.30. The van der Waals surface area contributed by atoms with Gasteiger partial charge in [0.15, 0.2) is 5.60 Å². The van der Waals surface area contributed by atoms with Crippen LogP contribution in [0.25, 0.3) is 0 Å². The van der Waals surface area contributed by atoms with E-state index in [1.165, 1.54) is 30.2 Å². The first kappa shape index (κ1) is 28.8. The highest BCUT2D eigenvalue weighted by Crippen LogP contribution is 2.47. The third-order valence-corrected chi connectivity index (χ3v) is 7.92. The highest BCUT2D eigenvalue weighted by atomic mass is 35.5. The number of nitrogens with zero attached hydrogens (tertiary/aromatic N) is 2. The maximum Gasteiger partial charge on any atom is 0.281 e. The maximum absolute atomic E-state index is 14.9. The Morgan fingerprint density at radius 2 is 1.88 bits per heavy atom. The van der Waals surface area contributed by atoms with Gasteiger partial charge in [0.05, 0.1) is 23.4 Å². The van der Waals surface area contributed by atoms with Gasteiger partial charge >= 0.3 is 0 Å². The predicted octanol–water partition coefficient (Wildman–Crippen LogP) is 5.53. The number of carbonyl (C=O) groups excluding carboxylic acids is 2. The Kier molecular flexibility index (Phi) is 7.93. The van der Waals surface area contributed by atoms with Gasteiger partial charge in [-0.1, -0.05) is 17.7 Å². The molecule has 2 aromatic carbocycles. The molecule has 2 aliphatic rings. The average Bonchev–Trinajstić information content (AvgIpc) is 3.15. The molecule has 0 spiro atoms. The number of methoxy groups -OCH3 is 1. The minimum atomic E-state index is -2.95. The first-order valence-corrected chi connectivity index (χ1v) is 13.3. The number of anilines is 1. The Balaban J connectivity index is 1.32. The summed E-state index contributed by atoms with van der Waals surface area (Å²) in [6, 6.07) is 8.03. The van der Waals surface area contributed by atoms with Crippen LogP contribution in [0, 0.1) is 17.6 Å². The maximum atomic E-state index is 14.9. The van der Waals surface area contributed by atoms with E-state index in [1.807, 2.05) is 0 Å². The van der Waals surface area contributed by atoms with Crippen LogP contribution in [0.2, 0.25) is 5.02 Å². The number of halogens is 5. The zero-order chi connectivity index (χ0) is 29.5. The SMILES string of the molecule is COc1ccc(F)c(C2(O)C(=O)N(C[C@H]3CC[C@H](NC(=O)c4cc(Cl)cnc4C(F)F)CC3)c3cc(F)ccc32)c1. The van der Waals surface area contributed by atoms with E-state index in [9.17, 15) is 32.3 Å². The number of benzene rings is 2. The first-order chi connectivity index (χ1) is 19.5. The topological polar surface area (TPSA) is 91.8 Å². The van der Waals surface area contributed by atoms with Crippen molar-refractivity contribution in [3.8, 4) is 5.75 Å². The molecule has 0 radical (unpaired) electrons. The summed E-state index contributed by atoms with van der Waals surface area (Å²) in [5.41, 5.74) is -3.44. The fraction of sp³-hybridized carbons (Fsp3) is 0.345. The Bertz CT molecular complexity index is 1500. The molecule has 5 rings (SSSR count). The van der Waals surface area contributed by atoms with Crippen molar-refractivity contribution in [2.75, 3.05) is 18.6 Å². The van der Waals surface area contributed by atoms with Gasteiger partial charge in [0.25, 0.3) is 18.2 Å². The summed E-state index contributed by atoms with van der Waals surface area (Å²) in [5, 5.41) is 14.5. The van der Waals surface area contributed by atoms with Crippen LogP contribution in [0.1, 0.15) is 59.3 Å². The van der Waals surface area contributed by atoms with Crippen molar-refractivity contribution in [3.05, 3.63) is 87.7 Å². The van der Waals surface area contributed by atoms with E-state index in [2.05, 4.69) is 10.3 Å². The van der Waals surface area contributed by atoms with Gasteiger partial charge in [0, 0.05) is 29.9 Å². The summed E-state index contributed by atoms with van der Waals surface area (Å²) in [6.07, 6.45) is 0.168. The molecule has 1 aliphatic heterocycles. The standard InChI is InChI=1S/C29H26ClF4N3O4/c1-41-19-7-9-23(32)22(12-19)29(40)21-8-4-17(31)11-24(21)37(28(29)39)14-15-2-5-18(6-3-15)36-27(38)20-10-16(30)13-35-25(20)26(33)34/h4,7-13,15,18,26,40H,2-3,5-6,14H2,1H3,(H,36,38)/t15-,18-,29?. The Labute approximate surface area is 238 Å². The third-order valence-electron chi connectivity index (χ3n) is 7.72. The lowest BCUT2D eigenvalue weighted by atomic mass is 9.85. The number of hydrogen-bond acceptors (Lipinski definition) is 5. The van der Waals surface area contributed by atoms with E-state index >= 15 is 0 Å². The van der Waals surface area contributed by atoms with E-state index in [0.29, 0.717) is 25.7 Å². The van der Waals surface area contributed by atoms with Crippen molar-refractivity contribution in [3.63, 3.8) is 0 Å². The lowest BCUT2D eigenvalue weighted by Crippen LogP contribution is -2.45. The summed E-state index contributed by atoms with van der Waals surface area (Å²) in [5.74, 6) is -2.82. The van der Waals surface area contributed by atoms with E-state index < -0.39 is 41.2 Å². The fourth-order valence-electron chi connectivity index (χ4n) is 5.62. The van der Waals surface area contributed by atoms with Gasteiger partial charge in [0.2, 0.25) is 0 Å². The van der Waals surface area contributed by atoms with Gasteiger partial charge < -0.3 is 20.1 Å². The number of hydrogen-bond donors (Lipinski definition) is 2. The average molecular weight is 592 g/mol. The molecule has 2 amide bonds. The lowest BCUT2D eigenvalue weighted by Gasteiger charge is -2.32. The monoisotopic (exact) mass is 591 g/mol. The molecule has 1 atom stereocenters. The van der Waals surface area contributed by atoms with Gasteiger partial charge in [-0.2, -0.15) is 0 Å². The van der Waals surface area contributed by atoms with E-state index in [4.69, 9.17) is 16.3 Å². The van der Waals surface area contributed by atoms with Crippen LogP contribution < -0.4 is 15.0 Å². The minimum absolute atomic E-state index is 0.0574. The van der Waals surface area contributed by atoms with E-state index in [0.717, 1.165) is 30.5 Å². The van der Waals surface area contributed by atoms with Gasteiger partial charge in [-0.25, -0.2) is 17.6 Å². The molecule has 0 bridgehead atoms. The second kappa shape index (κ2) is 11.3. The van der Waals surface area contributed by atoms with Crippen LogP contribution >= 0.6 is 11.6 Å². The molecular formula is C29H26ClF4N3O4.